The van der Waals surface area contributed by atoms with Crippen LogP contribution in [0.5, 0.6) is 17.2 Å². The van der Waals surface area contributed by atoms with Gasteiger partial charge in [0.2, 0.25) is 0 Å². The Morgan fingerprint density at radius 1 is 0.478 bits per heavy atom. The van der Waals surface area contributed by atoms with E-state index in [0.717, 1.165) is 86.9 Å². The molecule has 46 heavy (non-hydrogen) atoms. The van der Waals surface area contributed by atoms with Crippen molar-refractivity contribution < 1.29 is 15.3 Å². The quantitative estimate of drug-likeness (QED) is 0.145. The third-order valence-corrected chi connectivity index (χ3v) is 10.1. The fourth-order valence-electron chi connectivity index (χ4n) is 7.48. The summed E-state index contributed by atoms with van der Waals surface area (Å²) >= 11 is 0. The van der Waals surface area contributed by atoms with Crippen molar-refractivity contribution >= 4 is 0 Å². The van der Waals surface area contributed by atoms with Gasteiger partial charge in [0.15, 0.2) is 0 Å². The van der Waals surface area contributed by atoms with Crippen molar-refractivity contribution in [3.63, 3.8) is 0 Å². The zero-order chi connectivity index (χ0) is 33.3. The summed E-state index contributed by atoms with van der Waals surface area (Å²) in [7, 11) is 0. The number of hydrogen-bond donors (Lipinski definition) is 3. The highest BCUT2D eigenvalue weighted by Gasteiger charge is 2.32. The molecule has 0 fully saturated rings. The van der Waals surface area contributed by atoms with Gasteiger partial charge in [-0.25, -0.2) is 0 Å². The molecule has 0 bridgehead atoms. The average Bonchev–Trinajstić information content (AvgIpc) is 3.04. The summed E-state index contributed by atoms with van der Waals surface area (Å²) in [6.45, 7) is 16.8. The molecule has 5 rings (SSSR count). The van der Waals surface area contributed by atoms with Gasteiger partial charge in [0.05, 0.1) is 0 Å². The van der Waals surface area contributed by atoms with Crippen molar-refractivity contribution in [3.05, 3.63) is 134 Å². The van der Waals surface area contributed by atoms with Gasteiger partial charge >= 0.3 is 0 Å². The SMILES string of the molecule is CCCc1ccccc1-c1c(C)c(C)c(O)c(C(c2ccc(O)cc2)c2c(C)c(-c3ccccc3CCC)c(C)c(C)c2O)c1C. The van der Waals surface area contributed by atoms with Crippen molar-refractivity contribution in [3.8, 4) is 39.5 Å². The third-order valence-electron chi connectivity index (χ3n) is 10.1. The van der Waals surface area contributed by atoms with E-state index in [9.17, 15) is 15.3 Å². The number of aryl methyl sites for hydroxylation is 2. The molecule has 238 valence electrons. The third kappa shape index (κ3) is 5.68. The maximum absolute atomic E-state index is 12.1. The maximum Gasteiger partial charge on any atom is 0.123 e. The van der Waals surface area contributed by atoms with Crippen molar-refractivity contribution in [1.82, 2.24) is 0 Å². The van der Waals surface area contributed by atoms with Gasteiger partial charge < -0.3 is 15.3 Å². The molecular formula is C43H48O3. The van der Waals surface area contributed by atoms with Crippen LogP contribution in [0.3, 0.4) is 0 Å². The van der Waals surface area contributed by atoms with E-state index in [0.29, 0.717) is 0 Å². The summed E-state index contributed by atoms with van der Waals surface area (Å²) in [4.78, 5) is 0. The maximum atomic E-state index is 12.1. The van der Waals surface area contributed by atoms with E-state index in [-0.39, 0.29) is 17.2 Å². The van der Waals surface area contributed by atoms with Gasteiger partial charge in [-0.05, 0) is 139 Å². The zero-order valence-corrected chi connectivity index (χ0v) is 28.7. The highest BCUT2D eigenvalue weighted by molar-refractivity contribution is 5.82. The molecule has 0 aliphatic rings. The molecule has 5 aromatic carbocycles. The van der Waals surface area contributed by atoms with Gasteiger partial charge in [-0.3, -0.25) is 0 Å². The lowest BCUT2D eigenvalue weighted by molar-refractivity contribution is 0.452. The van der Waals surface area contributed by atoms with Crippen LogP contribution in [0, 0.1) is 41.5 Å². The first kappa shape index (κ1) is 32.9. The molecular weight excluding hydrogens is 564 g/mol. The number of benzene rings is 5. The zero-order valence-electron chi connectivity index (χ0n) is 28.7. The van der Waals surface area contributed by atoms with Crippen molar-refractivity contribution in [1.29, 1.82) is 0 Å². The topological polar surface area (TPSA) is 60.7 Å². The normalized spacial score (nSPS) is 11.4. The average molecular weight is 613 g/mol. The summed E-state index contributed by atoms with van der Waals surface area (Å²) < 4.78 is 0. The van der Waals surface area contributed by atoms with E-state index >= 15 is 0 Å². The molecule has 0 aliphatic carbocycles. The lowest BCUT2D eigenvalue weighted by Gasteiger charge is -2.30. The van der Waals surface area contributed by atoms with Crippen LogP contribution in [0.4, 0.5) is 0 Å². The second-order valence-corrected chi connectivity index (χ2v) is 12.9. The predicted octanol–water partition coefficient (Wildman–Crippen LogP) is 11.1. The highest BCUT2D eigenvalue weighted by atomic mass is 16.3. The number of phenolic OH excluding ortho intramolecular Hbond substituents is 3. The monoisotopic (exact) mass is 612 g/mol. The van der Waals surface area contributed by atoms with E-state index in [1.54, 1.807) is 12.1 Å². The Bertz CT molecular complexity index is 1780. The predicted molar refractivity (Wildman–Crippen MR) is 193 cm³/mol. The number of aromatic hydroxyl groups is 3. The van der Waals surface area contributed by atoms with Crippen LogP contribution in [-0.4, -0.2) is 15.3 Å². The minimum atomic E-state index is -0.492. The molecule has 0 amide bonds. The number of phenols is 3. The van der Waals surface area contributed by atoms with Crippen molar-refractivity contribution in [2.75, 3.05) is 0 Å². The standard InChI is InChI=1S/C43H48O3/c1-9-15-31-17-11-13-19-35(31)37-25(3)27(5)42(45)39(29(37)7)41(33-21-23-34(44)24-22-33)40-30(8)38(26(4)28(6)43(40)46)36-20-14-12-18-32(36)16-10-2/h11-14,17-24,41,44-46H,9-10,15-16H2,1-8H3. The molecule has 3 heteroatoms. The molecule has 5 aromatic rings. The van der Waals surface area contributed by atoms with E-state index in [2.05, 4.69) is 90.1 Å². The Morgan fingerprint density at radius 2 is 0.870 bits per heavy atom. The van der Waals surface area contributed by atoms with Crippen LogP contribution >= 0.6 is 0 Å². The molecule has 0 unspecified atom stereocenters. The van der Waals surface area contributed by atoms with E-state index < -0.39 is 5.92 Å². The minimum absolute atomic E-state index is 0.174. The van der Waals surface area contributed by atoms with Gasteiger partial charge in [0, 0.05) is 17.0 Å². The lowest BCUT2D eigenvalue weighted by atomic mass is 9.74. The molecule has 0 aliphatic heterocycles. The molecule has 3 nitrogen and oxygen atoms in total. The van der Waals surface area contributed by atoms with E-state index in [1.165, 1.54) is 22.3 Å². The minimum Gasteiger partial charge on any atom is -0.508 e. The van der Waals surface area contributed by atoms with Crippen LogP contribution in [0.2, 0.25) is 0 Å². The fourth-order valence-corrected chi connectivity index (χ4v) is 7.48. The van der Waals surface area contributed by atoms with Crippen LogP contribution in [-0.2, 0) is 12.8 Å². The number of hydrogen-bond acceptors (Lipinski definition) is 3. The summed E-state index contributed by atoms with van der Waals surface area (Å²) in [5, 5.41) is 34.6. The summed E-state index contributed by atoms with van der Waals surface area (Å²) in [5.41, 5.74) is 15.4. The Balaban J connectivity index is 1.93. The molecule has 3 N–H and O–H groups in total. The van der Waals surface area contributed by atoms with Gasteiger partial charge in [0.1, 0.15) is 17.2 Å². The largest absolute Gasteiger partial charge is 0.508 e. The second kappa shape index (κ2) is 13.5. The first-order chi connectivity index (χ1) is 22.0. The summed E-state index contributed by atoms with van der Waals surface area (Å²) in [6.07, 6.45) is 3.99. The Kier molecular flexibility index (Phi) is 9.63. The first-order valence-electron chi connectivity index (χ1n) is 16.6. The number of rotatable bonds is 9. The molecule has 0 spiro atoms. The summed E-state index contributed by atoms with van der Waals surface area (Å²) in [6, 6.07) is 24.4. The Hall–Kier alpha value is -4.50. The smallest absolute Gasteiger partial charge is 0.123 e. The van der Waals surface area contributed by atoms with Crippen molar-refractivity contribution in [2.45, 2.75) is 87.0 Å². The molecule has 0 saturated carbocycles. The lowest BCUT2D eigenvalue weighted by Crippen LogP contribution is -2.13. The van der Waals surface area contributed by atoms with Gasteiger partial charge in [0.25, 0.3) is 0 Å². The van der Waals surface area contributed by atoms with Crippen LogP contribution in [0.25, 0.3) is 22.3 Å². The second-order valence-electron chi connectivity index (χ2n) is 12.9. The Labute approximate surface area is 275 Å². The molecule has 0 atom stereocenters. The first-order valence-corrected chi connectivity index (χ1v) is 16.6. The molecule has 0 aromatic heterocycles. The van der Waals surface area contributed by atoms with E-state index in [4.69, 9.17) is 0 Å². The molecule has 0 saturated heterocycles. The van der Waals surface area contributed by atoms with E-state index in [1.807, 2.05) is 26.0 Å². The highest BCUT2D eigenvalue weighted by Crippen LogP contribution is 2.51. The Morgan fingerprint density at radius 3 is 1.26 bits per heavy atom. The van der Waals surface area contributed by atoms with Crippen LogP contribution < -0.4 is 0 Å². The fraction of sp³-hybridized carbons (Fsp3) is 0.302. The van der Waals surface area contributed by atoms with Gasteiger partial charge in [-0.1, -0.05) is 87.4 Å². The van der Waals surface area contributed by atoms with Gasteiger partial charge in [-0.2, -0.15) is 0 Å². The van der Waals surface area contributed by atoms with Crippen LogP contribution in [0.1, 0.15) is 93.8 Å². The van der Waals surface area contributed by atoms with Crippen molar-refractivity contribution in [2.24, 2.45) is 0 Å². The molecule has 0 radical (unpaired) electrons. The van der Waals surface area contributed by atoms with Crippen LogP contribution in [0.15, 0.2) is 72.8 Å². The van der Waals surface area contributed by atoms with Gasteiger partial charge in [-0.15, -0.1) is 0 Å². The summed E-state index contributed by atoms with van der Waals surface area (Å²) in [5.74, 6) is 0.172. The molecule has 0 heterocycles.